The topological polar surface area (TPSA) is 45.4 Å². The zero-order valence-corrected chi connectivity index (χ0v) is 12.3. The van der Waals surface area contributed by atoms with E-state index < -0.39 is 0 Å². The number of pyridine rings is 1. The lowest BCUT2D eigenvalue weighted by Gasteiger charge is -2.16. The van der Waals surface area contributed by atoms with Crippen molar-refractivity contribution in [1.29, 1.82) is 0 Å². The third kappa shape index (κ3) is 1.61. The Kier molecular flexibility index (Phi) is 2.47. The van der Waals surface area contributed by atoms with Crippen molar-refractivity contribution >= 4 is 44.0 Å². The van der Waals surface area contributed by atoms with Crippen molar-refractivity contribution in [2.24, 2.45) is 0 Å². The molecule has 0 saturated heterocycles. The Morgan fingerprint density at radius 3 is 3.00 bits per heavy atom. The minimum absolute atomic E-state index is 0.731. The van der Waals surface area contributed by atoms with Gasteiger partial charge in [-0.2, -0.15) is 4.98 Å². The van der Waals surface area contributed by atoms with E-state index in [-0.39, 0.29) is 0 Å². The van der Waals surface area contributed by atoms with Gasteiger partial charge in [0.15, 0.2) is 12.2 Å². The van der Waals surface area contributed by atoms with Crippen molar-refractivity contribution in [3.63, 3.8) is 0 Å². The molecule has 2 aromatic heterocycles. The fraction of sp³-hybridized carbons (Fsp3) is 0.143. The van der Waals surface area contributed by atoms with E-state index in [0.717, 1.165) is 39.2 Å². The SMILES string of the molecule is CN1CN(c2cocn2)c2c1cnc1ccc(Br)cc21. The molecule has 0 unspecified atom stereocenters. The highest BCUT2D eigenvalue weighted by molar-refractivity contribution is 9.10. The Hall–Kier alpha value is -2.08. The van der Waals surface area contributed by atoms with Crippen LogP contribution < -0.4 is 9.80 Å². The molecule has 6 heteroatoms. The van der Waals surface area contributed by atoms with Crippen LogP contribution in [-0.2, 0) is 0 Å². The maximum atomic E-state index is 5.12. The van der Waals surface area contributed by atoms with Gasteiger partial charge in [0.05, 0.1) is 29.8 Å². The molecule has 1 aliphatic rings. The van der Waals surface area contributed by atoms with Gasteiger partial charge < -0.3 is 14.2 Å². The molecular formula is C14H11BrN4O. The summed E-state index contributed by atoms with van der Waals surface area (Å²) in [6, 6.07) is 6.10. The zero-order valence-electron chi connectivity index (χ0n) is 10.7. The third-order valence-corrected chi connectivity index (χ3v) is 4.01. The number of halogens is 1. The van der Waals surface area contributed by atoms with Crippen molar-refractivity contribution in [2.45, 2.75) is 0 Å². The summed E-state index contributed by atoms with van der Waals surface area (Å²) in [6.07, 6.45) is 5.02. The maximum absolute atomic E-state index is 5.12. The average molecular weight is 331 g/mol. The van der Waals surface area contributed by atoms with E-state index in [4.69, 9.17) is 4.42 Å². The molecule has 0 aliphatic carbocycles. The molecule has 4 rings (SSSR count). The molecule has 0 atom stereocenters. The number of fused-ring (bicyclic) bond motifs is 3. The number of hydrogen-bond acceptors (Lipinski definition) is 5. The highest BCUT2D eigenvalue weighted by Gasteiger charge is 2.28. The molecule has 0 amide bonds. The van der Waals surface area contributed by atoms with E-state index >= 15 is 0 Å². The molecule has 1 aromatic carbocycles. The normalized spacial score (nSPS) is 14.1. The first-order chi connectivity index (χ1) is 9.74. The number of anilines is 3. The molecule has 0 radical (unpaired) electrons. The van der Waals surface area contributed by atoms with Gasteiger partial charge >= 0.3 is 0 Å². The van der Waals surface area contributed by atoms with Gasteiger partial charge in [0.2, 0.25) is 0 Å². The smallest absolute Gasteiger partial charge is 0.182 e. The predicted octanol–water partition coefficient (Wildman–Crippen LogP) is 3.53. The molecule has 3 aromatic rings. The maximum Gasteiger partial charge on any atom is 0.182 e. The van der Waals surface area contributed by atoms with E-state index in [1.54, 1.807) is 6.26 Å². The van der Waals surface area contributed by atoms with Crippen molar-refractivity contribution in [3.05, 3.63) is 41.5 Å². The van der Waals surface area contributed by atoms with E-state index in [2.05, 4.69) is 41.8 Å². The summed E-state index contributed by atoms with van der Waals surface area (Å²) in [5.41, 5.74) is 3.18. The number of nitrogens with zero attached hydrogens (tertiary/aromatic N) is 4. The van der Waals surface area contributed by atoms with Gasteiger partial charge in [-0.25, -0.2) is 0 Å². The number of aromatic nitrogens is 2. The number of oxazole rings is 1. The van der Waals surface area contributed by atoms with Crippen LogP contribution >= 0.6 is 15.9 Å². The molecule has 3 heterocycles. The molecule has 0 bridgehead atoms. The molecule has 0 spiro atoms. The third-order valence-electron chi connectivity index (χ3n) is 3.51. The molecule has 100 valence electrons. The summed E-state index contributed by atoms with van der Waals surface area (Å²) in [7, 11) is 2.05. The van der Waals surface area contributed by atoms with Crippen molar-refractivity contribution < 1.29 is 4.42 Å². The van der Waals surface area contributed by atoms with Crippen molar-refractivity contribution in [2.75, 3.05) is 23.5 Å². The average Bonchev–Trinajstić information content (AvgIpc) is 3.06. The van der Waals surface area contributed by atoms with E-state index in [1.165, 1.54) is 6.39 Å². The van der Waals surface area contributed by atoms with Crippen LogP contribution in [0.1, 0.15) is 0 Å². The highest BCUT2D eigenvalue weighted by Crippen LogP contribution is 2.43. The lowest BCUT2D eigenvalue weighted by atomic mass is 10.1. The van der Waals surface area contributed by atoms with Gasteiger partial charge in [-0.15, -0.1) is 0 Å². The summed E-state index contributed by atoms with van der Waals surface area (Å²) in [4.78, 5) is 13.1. The quantitative estimate of drug-likeness (QED) is 0.683. The van der Waals surface area contributed by atoms with Gasteiger partial charge in [-0.3, -0.25) is 4.98 Å². The summed E-state index contributed by atoms with van der Waals surface area (Å²) in [6.45, 7) is 0.731. The van der Waals surface area contributed by atoms with Crippen LogP contribution in [0.5, 0.6) is 0 Å². The summed E-state index contributed by atoms with van der Waals surface area (Å²) in [5.74, 6) is 0.808. The molecule has 0 fully saturated rings. The first-order valence-corrected chi connectivity index (χ1v) is 6.98. The minimum Gasteiger partial charge on any atom is -0.449 e. The van der Waals surface area contributed by atoms with Crippen molar-refractivity contribution in [3.8, 4) is 0 Å². The Morgan fingerprint density at radius 2 is 2.20 bits per heavy atom. The summed E-state index contributed by atoms with van der Waals surface area (Å²) < 4.78 is 6.15. The molecule has 5 nitrogen and oxygen atoms in total. The van der Waals surface area contributed by atoms with Gasteiger partial charge in [-0.1, -0.05) is 15.9 Å². The van der Waals surface area contributed by atoms with Gasteiger partial charge in [0, 0.05) is 16.9 Å². The lowest BCUT2D eigenvalue weighted by Crippen LogP contribution is -2.24. The van der Waals surface area contributed by atoms with Gasteiger partial charge in [0.25, 0.3) is 0 Å². The fourth-order valence-electron chi connectivity index (χ4n) is 2.59. The second-order valence-electron chi connectivity index (χ2n) is 4.77. The molecule has 1 aliphatic heterocycles. The first kappa shape index (κ1) is 11.7. The predicted molar refractivity (Wildman–Crippen MR) is 81.4 cm³/mol. The monoisotopic (exact) mass is 330 g/mol. The highest BCUT2D eigenvalue weighted by atomic mass is 79.9. The van der Waals surface area contributed by atoms with Crippen LogP contribution in [0.2, 0.25) is 0 Å². The van der Waals surface area contributed by atoms with Gasteiger partial charge in [-0.05, 0) is 18.2 Å². The van der Waals surface area contributed by atoms with Crippen LogP contribution in [-0.4, -0.2) is 23.7 Å². The number of hydrogen-bond donors (Lipinski definition) is 0. The lowest BCUT2D eigenvalue weighted by molar-refractivity contribution is 0.558. The molecular weight excluding hydrogens is 320 g/mol. The van der Waals surface area contributed by atoms with E-state index in [0.29, 0.717) is 0 Å². The Morgan fingerprint density at radius 1 is 1.30 bits per heavy atom. The van der Waals surface area contributed by atoms with Crippen LogP contribution in [0.15, 0.2) is 45.9 Å². The zero-order chi connectivity index (χ0) is 13.7. The van der Waals surface area contributed by atoms with Crippen LogP contribution in [0, 0.1) is 0 Å². The van der Waals surface area contributed by atoms with Crippen molar-refractivity contribution in [1.82, 2.24) is 9.97 Å². The standard InChI is InChI=1S/C14H11BrN4O/c1-18-8-19(13-6-20-7-17-13)14-10-4-9(15)2-3-11(10)16-5-12(14)18/h2-7H,8H2,1H3. The second kappa shape index (κ2) is 4.21. The molecule has 0 saturated carbocycles. The van der Waals surface area contributed by atoms with Crippen LogP contribution in [0.25, 0.3) is 10.9 Å². The largest absolute Gasteiger partial charge is 0.449 e. The minimum atomic E-state index is 0.731. The Balaban J connectivity index is 2.02. The second-order valence-corrected chi connectivity index (χ2v) is 5.68. The Bertz CT molecular complexity index is 787. The Labute approximate surface area is 124 Å². The summed E-state index contributed by atoms with van der Waals surface area (Å²) in [5, 5.41) is 1.10. The number of rotatable bonds is 1. The first-order valence-electron chi connectivity index (χ1n) is 6.19. The number of benzene rings is 1. The van der Waals surface area contributed by atoms with Crippen LogP contribution in [0.4, 0.5) is 17.2 Å². The molecule has 20 heavy (non-hydrogen) atoms. The fourth-order valence-corrected chi connectivity index (χ4v) is 2.95. The van der Waals surface area contributed by atoms with E-state index in [9.17, 15) is 0 Å². The van der Waals surface area contributed by atoms with E-state index in [1.807, 2.05) is 25.4 Å². The summed E-state index contributed by atoms with van der Waals surface area (Å²) >= 11 is 3.53. The van der Waals surface area contributed by atoms with Crippen LogP contribution in [0.3, 0.4) is 0 Å². The van der Waals surface area contributed by atoms with Gasteiger partial charge in [0.1, 0.15) is 6.26 Å². The molecule has 0 N–H and O–H groups in total.